The average Bonchev–Trinajstić information content (AvgIpc) is 3.18. The molecule has 1 heterocycles. The average molecular weight is 418 g/mol. The van der Waals surface area contributed by atoms with Crippen molar-refractivity contribution in [2.24, 2.45) is 0 Å². The van der Waals surface area contributed by atoms with Gasteiger partial charge in [-0.1, -0.05) is 18.2 Å². The maximum Gasteiger partial charge on any atom is 0.573 e. The number of para-hydroxylation sites is 1. The minimum Gasteiger partial charge on any atom is -0.406 e. The molecule has 10 heteroatoms. The number of carbonyl (C=O) groups is 2. The summed E-state index contributed by atoms with van der Waals surface area (Å²) in [5.74, 6) is -1.33. The van der Waals surface area contributed by atoms with E-state index in [2.05, 4.69) is 15.0 Å². The molecule has 0 unspecified atom stereocenters. The molecule has 0 atom stereocenters. The molecule has 2 aromatic carbocycles. The molecule has 2 amide bonds. The van der Waals surface area contributed by atoms with Crippen LogP contribution in [0.15, 0.2) is 67.1 Å². The highest BCUT2D eigenvalue weighted by molar-refractivity contribution is 5.98. The minimum atomic E-state index is -4.79. The molecule has 0 saturated heterocycles. The quantitative estimate of drug-likeness (QED) is 0.665. The van der Waals surface area contributed by atoms with Crippen molar-refractivity contribution in [3.63, 3.8) is 0 Å². The van der Waals surface area contributed by atoms with E-state index in [1.165, 1.54) is 36.6 Å². The molecular formula is C20H17F3N4O3. The maximum atomic E-state index is 12.7. The van der Waals surface area contributed by atoms with Crippen LogP contribution in [0.2, 0.25) is 0 Å². The van der Waals surface area contributed by atoms with Gasteiger partial charge in [0, 0.05) is 18.4 Å². The van der Waals surface area contributed by atoms with Gasteiger partial charge < -0.3 is 15.0 Å². The van der Waals surface area contributed by atoms with Crippen molar-refractivity contribution in [2.45, 2.75) is 6.36 Å². The number of imidazole rings is 1. The van der Waals surface area contributed by atoms with Crippen LogP contribution >= 0.6 is 0 Å². The number of rotatable bonds is 6. The third-order valence-corrected chi connectivity index (χ3v) is 3.99. The summed E-state index contributed by atoms with van der Waals surface area (Å²) in [6.07, 6.45) is -1.88. The van der Waals surface area contributed by atoms with E-state index in [9.17, 15) is 22.8 Å². The van der Waals surface area contributed by atoms with Crippen LogP contribution in [0.4, 0.5) is 18.9 Å². The van der Waals surface area contributed by atoms with Gasteiger partial charge in [0.25, 0.3) is 5.91 Å². The van der Waals surface area contributed by atoms with Crippen LogP contribution < -0.4 is 10.1 Å². The molecule has 1 N–H and O–H groups in total. The predicted molar refractivity (Wildman–Crippen MR) is 102 cm³/mol. The lowest BCUT2D eigenvalue weighted by molar-refractivity contribution is -0.274. The summed E-state index contributed by atoms with van der Waals surface area (Å²) in [6, 6.07) is 13.8. The Bertz CT molecular complexity index is 1020. The van der Waals surface area contributed by atoms with Gasteiger partial charge in [-0.3, -0.25) is 14.2 Å². The van der Waals surface area contributed by atoms with Crippen LogP contribution in [0.3, 0.4) is 0 Å². The normalized spacial score (nSPS) is 11.1. The van der Waals surface area contributed by atoms with Gasteiger partial charge in [0.15, 0.2) is 0 Å². The molecule has 3 aromatic rings. The number of carbonyl (C=O) groups excluding carboxylic acids is 2. The number of likely N-dealkylation sites (N-methyl/N-ethyl adjacent to an activating group) is 1. The first-order valence-electron chi connectivity index (χ1n) is 8.72. The van der Waals surface area contributed by atoms with Crippen LogP contribution in [0, 0.1) is 0 Å². The van der Waals surface area contributed by atoms with Crippen LogP contribution in [0.5, 0.6) is 5.75 Å². The third-order valence-electron chi connectivity index (χ3n) is 3.99. The number of nitrogens with zero attached hydrogens (tertiary/aromatic N) is 3. The van der Waals surface area contributed by atoms with Gasteiger partial charge in [0.2, 0.25) is 5.91 Å². The summed E-state index contributed by atoms with van der Waals surface area (Å²) in [7, 11) is 1.46. The van der Waals surface area contributed by atoms with E-state index in [0.717, 1.165) is 17.8 Å². The molecule has 0 radical (unpaired) electrons. The first-order chi connectivity index (χ1) is 14.2. The summed E-state index contributed by atoms with van der Waals surface area (Å²) in [5.41, 5.74) is 1.30. The fourth-order valence-electron chi connectivity index (χ4n) is 2.67. The molecule has 0 spiro atoms. The van der Waals surface area contributed by atoms with Crippen molar-refractivity contribution in [3.05, 3.63) is 72.8 Å². The Balaban J connectivity index is 1.61. The van der Waals surface area contributed by atoms with Gasteiger partial charge >= 0.3 is 6.36 Å². The number of hydrogen-bond acceptors (Lipinski definition) is 4. The lowest BCUT2D eigenvalue weighted by Gasteiger charge is -2.18. The summed E-state index contributed by atoms with van der Waals surface area (Å²) < 4.78 is 41.9. The smallest absolute Gasteiger partial charge is 0.406 e. The number of alkyl halides is 3. The van der Waals surface area contributed by atoms with Gasteiger partial charge in [-0.15, -0.1) is 13.2 Å². The second-order valence-electron chi connectivity index (χ2n) is 6.27. The highest BCUT2D eigenvalue weighted by atomic mass is 19.4. The largest absolute Gasteiger partial charge is 0.573 e. The number of ether oxygens (including phenoxy) is 1. The molecule has 30 heavy (non-hydrogen) atoms. The Labute approximate surface area is 169 Å². The van der Waals surface area contributed by atoms with Crippen LogP contribution in [-0.2, 0) is 4.79 Å². The van der Waals surface area contributed by atoms with E-state index < -0.39 is 23.9 Å². The summed E-state index contributed by atoms with van der Waals surface area (Å²) >= 11 is 0. The molecule has 0 bridgehead atoms. The third kappa shape index (κ3) is 5.37. The number of benzene rings is 2. The van der Waals surface area contributed by atoms with Crippen molar-refractivity contribution in [3.8, 4) is 11.4 Å². The molecular weight excluding hydrogens is 401 g/mol. The van der Waals surface area contributed by atoms with E-state index in [1.54, 1.807) is 4.57 Å². The zero-order valence-electron chi connectivity index (χ0n) is 15.8. The molecule has 3 rings (SSSR count). The standard InChI is InChI=1S/C20H17F3N4O3/c1-26(19(29)17-11-24-13-27(17)15-5-3-2-4-6-15)12-18(28)25-14-7-9-16(10-8-14)30-20(21,22)23/h2-11,13H,12H2,1H3,(H,25,28). The van der Waals surface area contributed by atoms with Crippen molar-refractivity contribution in [2.75, 3.05) is 18.9 Å². The summed E-state index contributed by atoms with van der Waals surface area (Å²) in [5, 5.41) is 2.52. The molecule has 1 aromatic heterocycles. The zero-order valence-corrected chi connectivity index (χ0v) is 15.8. The zero-order chi connectivity index (χ0) is 21.7. The molecule has 156 valence electrons. The monoisotopic (exact) mass is 418 g/mol. The molecule has 0 saturated carbocycles. The van der Waals surface area contributed by atoms with Gasteiger partial charge in [0.1, 0.15) is 11.4 Å². The number of hydrogen-bond donors (Lipinski definition) is 1. The Morgan fingerprint density at radius 2 is 1.77 bits per heavy atom. The summed E-state index contributed by atoms with van der Waals surface area (Å²) in [4.78, 5) is 30.2. The Morgan fingerprint density at radius 1 is 1.10 bits per heavy atom. The van der Waals surface area contributed by atoms with Gasteiger partial charge in [0.05, 0.1) is 19.1 Å². The highest BCUT2D eigenvalue weighted by Gasteiger charge is 2.31. The molecule has 0 aliphatic carbocycles. The topological polar surface area (TPSA) is 76.5 Å². The van der Waals surface area contributed by atoms with Crippen molar-refractivity contribution < 1.29 is 27.5 Å². The van der Waals surface area contributed by atoms with Gasteiger partial charge in [-0.2, -0.15) is 0 Å². The van der Waals surface area contributed by atoms with Crippen LogP contribution in [0.25, 0.3) is 5.69 Å². The molecule has 0 aliphatic rings. The van der Waals surface area contributed by atoms with Crippen molar-refractivity contribution in [1.29, 1.82) is 0 Å². The van der Waals surface area contributed by atoms with Gasteiger partial charge in [-0.25, -0.2) is 4.98 Å². The maximum absolute atomic E-state index is 12.7. The minimum absolute atomic E-state index is 0.264. The SMILES string of the molecule is CN(CC(=O)Nc1ccc(OC(F)(F)F)cc1)C(=O)c1cncn1-c1ccccc1. The number of amides is 2. The highest BCUT2D eigenvalue weighted by Crippen LogP contribution is 2.24. The number of anilines is 1. The van der Waals surface area contributed by atoms with Crippen molar-refractivity contribution >= 4 is 17.5 Å². The van der Waals surface area contributed by atoms with Crippen LogP contribution in [-0.4, -0.2) is 46.2 Å². The Kier molecular flexibility index (Phi) is 6.05. The van der Waals surface area contributed by atoms with E-state index in [4.69, 9.17) is 0 Å². The molecule has 0 fully saturated rings. The fraction of sp³-hybridized carbons (Fsp3) is 0.150. The first kappa shape index (κ1) is 20.9. The van der Waals surface area contributed by atoms with Crippen LogP contribution in [0.1, 0.15) is 10.5 Å². The lowest BCUT2D eigenvalue weighted by atomic mass is 10.3. The number of nitrogens with one attached hydrogen (secondary N) is 1. The fourth-order valence-corrected chi connectivity index (χ4v) is 2.67. The van der Waals surface area contributed by atoms with E-state index >= 15 is 0 Å². The van der Waals surface area contributed by atoms with Gasteiger partial charge in [-0.05, 0) is 36.4 Å². The molecule has 0 aliphatic heterocycles. The first-order valence-corrected chi connectivity index (χ1v) is 8.72. The molecule has 7 nitrogen and oxygen atoms in total. The lowest BCUT2D eigenvalue weighted by Crippen LogP contribution is -2.35. The van der Waals surface area contributed by atoms with E-state index in [1.807, 2.05) is 30.3 Å². The number of aromatic nitrogens is 2. The Morgan fingerprint density at radius 3 is 2.40 bits per heavy atom. The number of halogens is 3. The predicted octanol–water partition coefficient (Wildman–Crippen LogP) is 3.48. The van der Waals surface area contributed by atoms with Crippen molar-refractivity contribution in [1.82, 2.24) is 14.5 Å². The van der Waals surface area contributed by atoms with E-state index in [0.29, 0.717) is 0 Å². The second kappa shape index (κ2) is 8.68. The second-order valence-corrected chi connectivity index (χ2v) is 6.27. The van der Waals surface area contributed by atoms with E-state index in [-0.39, 0.29) is 17.9 Å². The Hall–Kier alpha value is -3.82. The summed E-state index contributed by atoms with van der Waals surface area (Å²) in [6.45, 7) is -0.264.